The highest BCUT2D eigenvalue weighted by Crippen LogP contribution is 2.30. The van der Waals surface area contributed by atoms with Gasteiger partial charge in [0.15, 0.2) is 0 Å². The molecule has 22 heavy (non-hydrogen) atoms. The van der Waals surface area contributed by atoms with E-state index in [1.54, 1.807) is 0 Å². The summed E-state index contributed by atoms with van der Waals surface area (Å²) >= 11 is 0. The second-order valence-corrected chi connectivity index (χ2v) is 5.44. The molecule has 118 valence electrons. The maximum atomic E-state index is 12.8. The highest BCUT2D eigenvalue weighted by Gasteiger charge is 2.30. The van der Waals surface area contributed by atoms with Crippen molar-refractivity contribution in [2.24, 2.45) is 0 Å². The van der Waals surface area contributed by atoms with Gasteiger partial charge in [0.25, 0.3) is 5.56 Å². The Morgan fingerprint density at radius 2 is 2.14 bits per heavy atom. The fourth-order valence-corrected chi connectivity index (χ4v) is 2.64. The number of fused-ring (bicyclic) bond motifs is 1. The lowest BCUT2D eigenvalue weighted by Crippen LogP contribution is -2.24. The summed E-state index contributed by atoms with van der Waals surface area (Å²) in [5, 5.41) is 0.154. The van der Waals surface area contributed by atoms with Crippen LogP contribution in [-0.2, 0) is 17.3 Å². The lowest BCUT2D eigenvalue weighted by Gasteiger charge is -2.22. The van der Waals surface area contributed by atoms with E-state index in [2.05, 4.69) is 9.97 Å². The van der Waals surface area contributed by atoms with Crippen molar-refractivity contribution in [2.45, 2.75) is 38.0 Å². The third-order valence-electron chi connectivity index (χ3n) is 3.78. The standard InChI is InChI=1S/C15H15F3N2O2/c16-15(17,18)9-4-5-11-12(7-9)19-13(20-14(11)21)8-10-3-1-2-6-22-10/h4-5,7,10H,1-3,6,8H2,(H,19,20,21). The van der Waals surface area contributed by atoms with Crippen LogP contribution in [-0.4, -0.2) is 22.7 Å². The number of alkyl halides is 3. The zero-order valence-electron chi connectivity index (χ0n) is 11.7. The quantitative estimate of drug-likeness (QED) is 0.927. The lowest BCUT2D eigenvalue weighted by molar-refractivity contribution is -0.137. The minimum Gasteiger partial charge on any atom is -0.378 e. The summed E-state index contributed by atoms with van der Waals surface area (Å²) in [6, 6.07) is 2.96. The number of halogens is 3. The number of ether oxygens (including phenoxy) is 1. The van der Waals surface area contributed by atoms with Gasteiger partial charge in [-0.05, 0) is 37.5 Å². The first-order valence-electron chi connectivity index (χ1n) is 7.15. The fourth-order valence-electron chi connectivity index (χ4n) is 2.64. The van der Waals surface area contributed by atoms with Gasteiger partial charge in [-0.25, -0.2) is 4.98 Å². The molecule has 0 amide bonds. The summed E-state index contributed by atoms with van der Waals surface area (Å²) < 4.78 is 43.8. The van der Waals surface area contributed by atoms with Gasteiger partial charge < -0.3 is 9.72 Å². The first-order chi connectivity index (χ1) is 10.4. The third kappa shape index (κ3) is 3.14. The summed E-state index contributed by atoms with van der Waals surface area (Å²) in [6.07, 6.45) is -1.18. The molecule has 4 nitrogen and oxygen atoms in total. The smallest absolute Gasteiger partial charge is 0.378 e. The van der Waals surface area contributed by atoms with Crippen molar-refractivity contribution in [3.8, 4) is 0 Å². The molecule has 7 heteroatoms. The average Bonchev–Trinajstić information content (AvgIpc) is 2.47. The van der Waals surface area contributed by atoms with E-state index in [4.69, 9.17) is 4.74 Å². The van der Waals surface area contributed by atoms with Gasteiger partial charge in [0.2, 0.25) is 0 Å². The van der Waals surface area contributed by atoms with Crippen LogP contribution >= 0.6 is 0 Å². The minimum absolute atomic E-state index is 0.0415. The van der Waals surface area contributed by atoms with Gasteiger partial charge >= 0.3 is 6.18 Å². The Morgan fingerprint density at radius 1 is 1.32 bits per heavy atom. The average molecular weight is 312 g/mol. The van der Waals surface area contributed by atoms with E-state index in [-0.39, 0.29) is 17.0 Å². The van der Waals surface area contributed by atoms with Crippen LogP contribution in [0.25, 0.3) is 10.9 Å². The number of aromatic amines is 1. The number of hydrogen-bond acceptors (Lipinski definition) is 3. The predicted molar refractivity (Wildman–Crippen MR) is 74.7 cm³/mol. The summed E-state index contributed by atoms with van der Waals surface area (Å²) in [7, 11) is 0. The highest BCUT2D eigenvalue weighted by molar-refractivity contribution is 5.78. The summed E-state index contributed by atoms with van der Waals surface area (Å²) in [4.78, 5) is 18.8. The van der Waals surface area contributed by atoms with Crippen LogP contribution in [0, 0.1) is 0 Å². The molecule has 1 N–H and O–H groups in total. The highest BCUT2D eigenvalue weighted by atomic mass is 19.4. The van der Waals surface area contributed by atoms with Crippen molar-refractivity contribution in [1.82, 2.24) is 9.97 Å². The van der Waals surface area contributed by atoms with Crippen LogP contribution < -0.4 is 5.56 Å². The normalized spacial score (nSPS) is 19.5. The molecule has 1 saturated heterocycles. The molecule has 0 aliphatic carbocycles. The molecule has 1 fully saturated rings. The zero-order valence-corrected chi connectivity index (χ0v) is 11.7. The Labute approximate surface area is 124 Å². The van der Waals surface area contributed by atoms with E-state index in [0.29, 0.717) is 18.9 Å². The van der Waals surface area contributed by atoms with Crippen LogP contribution in [0.2, 0.25) is 0 Å². The number of benzene rings is 1. The van der Waals surface area contributed by atoms with Crippen molar-refractivity contribution >= 4 is 10.9 Å². The summed E-state index contributed by atoms with van der Waals surface area (Å²) in [5.41, 5.74) is -1.17. The second kappa shape index (κ2) is 5.72. The molecule has 2 aromatic rings. The monoisotopic (exact) mass is 312 g/mol. The largest absolute Gasteiger partial charge is 0.416 e. The zero-order chi connectivity index (χ0) is 15.7. The molecule has 0 radical (unpaired) electrons. The fraction of sp³-hybridized carbons (Fsp3) is 0.467. The maximum absolute atomic E-state index is 12.8. The van der Waals surface area contributed by atoms with Crippen LogP contribution in [0.4, 0.5) is 13.2 Å². The number of nitrogens with zero attached hydrogens (tertiary/aromatic N) is 1. The minimum atomic E-state index is -4.45. The van der Waals surface area contributed by atoms with Crippen molar-refractivity contribution in [2.75, 3.05) is 6.61 Å². The molecule has 1 atom stereocenters. The van der Waals surface area contributed by atoms with Crippen molar-refractivity contribution < 1.29 is 17.9 Å². The number of H-pyrrole nitrogens is 1. The van der Waals surface area contributed by atoms with E-state index in [0.717, 1.165) is 37.5 Å². The molecule has 3 rings (SSSR count). The summed E-state index contributed by atoms with van der Waals surface area (Å²) in [6.45, 7) is 0.667. The number of nitrogens with one attached hydrogen (secondary N) is 1. The molecular weight excluding hydrogens is 297 g/mol. The molecule has 0 spiro atoms. The van der Waals surface area contributed by atoms with Crippen molar-refractivity contribution in [1.29, 1.82) is 0 Å². The van der Waals surface area contributed by atoms with Gasteiger partial charge in [0.1, 0.15) is 5.82 Å². The first kappa shape index (κ1) is 15.0. The van der Waals surface area contributed by atoms with E-state index < -0.39 is 17.3 Å². The Balaban J connectivity index is 1.96. The Kier molecular flexibility index (Phi) is 3.90. The molecule has 1 unspecified atom stereocenters. The van der Waals surface area contributed by atoms with Gasteiger partial charge in [0.05, 0.1) is 22.6 Å². The molecule has 0 bridgehead atoms. The third-order valence-corrected chi connectivity index (χ3v) is 3.78. The van der Waals surface area contributed by atoms with Crippen LogP contribution in [0.1, 0.15) is 30.7 Å². The van der Waals surface area contributed by atoms with Gasteiger partial charge in [-0.1, -0.05) is 0 Å². The molecule has 1 aromatic heterocycles. The molecule has 2 heterocycles. The van der Waals surface area contributed by atoms with E-state index in [1.165, 1.54) is 0 Å². The van der Waals surface area contributed by atoms with Gasteiger partial charge in [-0.15, -0.1) is 0 Å². The van der Waals surface area contributed by atoms with Crippen LogP contribution in [0.5, 0.6) is 0 Å². The Morgan fingerprint density at radius 3 is 2.82 bits per heavy atom. The molecule has 1 aliphatic heterocycles. The topological polar surface area (TPSA) is 55.0 Å². The lowest BCUT2D eigenvalue weighted by atomic mass is 10.1. The molecule has 0 saturated carbocycles. The number of aromatic nitrogens is 2. The molecular formula is C15H15F3N2O2. The maximum Gasteiger partial charge on any atom is 0.416 e. The van der Waals surface area contributed by atoms with Crippen molar-refractivity contribution in [3.05, 3.63) is 39.9 Å². The van der Waals surface area contributed by atoms with Gasteiger partial charge in [0, 0.05) is 13.0 Å². The van der Waals surface area contributed by atoms with Crippen LogP contribution in [0.15, 0.2) is 23.0 Å². The van der Waals surface area contributed by atoms with Gasteiger partial charge in [-0.2, -0.15) is 13.2 Å². The van der Waals surface area contributed by atoms with Crippen LogP contribution in [0.3, 0.4) is 0 Å². The van der Waals surface area contributed by atoms with Gasteiger partial charge in [-0.3, -0.25) is 4.79 Å². The Hall–Kier alpha value is -1.89. The van der Waals surface area contributed by atoms with E-state index >= 15 is 0 Å². The van der Waals surface area contributed by atoms with E-state index in [1.807, 2.05) is 0 Å². The molecule has 1 aliphatic rings. The SMILES string of the molecule is O=c1[nH]c(CC2CCCCO2)nc2cc(C(F)(F)F)ccc12. The Bertz CT molecular complexity index is 734. The summed E-state index contributed by atoms with van der Waals surface area (Å²) in [5.74, 6) is 0.365. The number of hydrogen-bond donors (Lipinski definition) is 1. The first-order valence-corrected chi connectivity index (χ1v) is 7.15. The number of rotatable bonds is 2. The second-order valence-electron chi connectivity index (χ2n) is 5.44. The molecule has 1 aromatic carbocycles. The predicted octanol–water partition coefficient (Wildman–Crippen LogP) is 3.05. The van der Waals surface area contributed by atoms with Crippen molar-refractivity contribution in [3.63, 3.8) is 0 Å². The van der Waals surface area contributed by atoms with E-state index in [9.17, 15) is 18.0 Å².